The molecule has 0 fully saturated rings. The molecule has 1 aromatic rings. The fourth-order valence-corrected chi connectivity index (χ4v) is 2.85. The summed E-state index contributed by atoms with van der Waals surface area (Å²) in [6, 6.07) is 4.27. The number of nitrogens with two attached hydrogens (primary N) is 1. The van der Waals surface area contributed by atoms with Crippen molar-refractivity contribution < 1.29 is 5.11 Å². The molecule has 0 radical (unpaired) electrons. The van der Waals surface area contributed by atoms with Gasteiger partial charge in [-0.25, -0.2) is 0 Å². The van der Waals surface area contributed by atoms with Gasteiger partial charge in [0.05, 0.1) is 6.10 Å². The molecule has 0 bridgehead atoms. The predicted octanol–water partition coefficient (Wildman–Crippen LogP) is 3.27. The van der Waals surface area contributed by atoms with Gasteiger partial charge in [-0.1, -0.05) is 31.5 Å². The van der Waals surface area contributed by atoms with Crippen molar-refractivity contribution >= 4 is 0 Å². The van der Waals surface area contributed by atoms with E-state index in [1.807, 2.05) is 0 Å². The standard InChI is InChI=1S/C16H27NO/c1-10(2)6-14(9-17)16(18)15-12(4)7-11(3)8-13(15)5/h7-8,10,14,16,18H,6,9,17H2,1-5H3. The number of aryl methyl sites for hydroxylation is 3. The first-order valence-corrected chi connectivity index (χ1v) is 6.82. The molecule has 0 aliphatic heterocycles. The molecule has 0 aromatic heterocycles. The topological polar surface area (TPSA) is 46.2 Å². The van der Waals surface area contributed by atoms with Crippen molar-refractivity contribution in [2.45, 2.75) is 47.1 Å². The molecule has 0 aliphatic rings. The molecular formula is C16H27NO. The van der Waals surface area contributed by atoms with Crippen molar-refractivity contribution in [3.63, 3.8) is 0 Å². The maximum Gasteiger partial charge on any atom is 0.0835 e. The van der Waals surface area contributed by atoms with Crippen LogP contribution in [0.3, 0.4) is 0 Å². The SMILES string of the molecule is Cc1cc(C)c(C(O)C(CN)CC(C)C)c(C)c1. The van der Waals surface area contributed by atoms with E-state index in [0.29, 0.717) is 12.5 Å². The molecule has 0 amide bonds. The van der Waals surface area contributed by atoms with Crippen LogP contribution in [-0.2, 0) is 0 Å². The zero-order chi connectivity index (χ0) is 13.9. The van der Waals surface area contributed by atoms with Gasteiger partial charge in [-0.15, -0.1) is 0 Å². The summed E-state index contributed by atoms with van der Waals surface area (Å²) in [5, 5.41) is 10.6. The number of hydrogen-bond donors (Lipinski definition) is 2. The van der Waals surface area contributed by atoms with E-state index >= 15 is 0 Å². The zero-order valence-corrected chi connectivity index (χ0v) is 12.3. The average molecular weight is 249 g/mol. The molecule has 0 saturated heterocycles. The van der Waals surface area contributed by atoms with Crippen LogP contribution < -0.4 is 5.73 Å². The summed E-state index contributed by atoms with van der Waals surface area (Å²) in [7, 11) is 0. The number of hydrogen-bond acceptors (Lipinski definition) is 2. The fourth-order valence-electron chi connectivity index (χ4n) is 2.85. The smallest absolute Gasteiger partial charge is 0.0835 e. The Bertz CT molecular complexity index is 375. The van der Waals surface area contributed by atoms with E-state index in [0.717, 1.165) is 12.0 Å². The Morgan fingerprint density at radius 3 is 2.00 bits per heavy atom. The summed E-state index contributed by atoms with van der Waals surface area (Å²) >= 11 is 0. The highest BCUT2D eigenvalue weighted by molar-refractivity contribution is 5.39. The summed E-state index contributed by atoms with van der Waals surface area (Å²) < 4.78 is 0. The van der Waals surface area contributed by atoms with Crippen molar-refractivity contribution in [2.75, 3.05) is 6.54 Å². The number of aliphatic hydroxyl groups excluding tert-OH is 1. The lowest BCUT2D eigenvalue weighted by Crippen LogP contribution is -2.24. The average Bonchev–Trinajstić information content (AvgIpc) is 2.23. The van der Waals surface area contributed by atoms with E-state index in [9.17, 15) is 5.11 Å². The largest absolute Gasteiger partial charge is 0.388 e. The quantitative estimate of drug-likeness (QED) is 0.841. The van der Waals surface area contributed by atoms with Gasteiger partial charge in [0, 0.05) is 5.92 Å². The van der Waals surface area contributed by atoms with Crippen molar-refractivity contribution in [3.8, 4) is 0 Å². The Balaban J connectivity index is 3.05. The minimum atomic E-state index is -0.446. The number of benzene rings is 1. The second-order valence-electron chi connectivity index (χ2n) is 5.88. The van der Waals surface area contributed by atoms with Crippen LogP contribution in [0, 0.1) is 32.6 Å². The number of aliphatic hydroxyl groups is 1. The first-order chi connectivity index (χ1) is 8.36. The van der Waals surface area contributed by atoms with Crippen LogP contribution in [-0.4, -0.2) is 11.7 Å². The molecule has 1 rings (SSSR count). The van der Waals surface area contributed by atoms with Crippen LogP contribution in [0.15, 0.2) is 12.1 Å². The van der Waals surface area contributed by atoms with Crippen molar-refractivity contribution in [1.82, 2.24) is 0 Å². The summed E-state index contributed by atoms with van der Waals surface area (Å²) in [6.07, 6.45) is 0.516. The van der Waals surface area contributed by atoms with Crippen molar-refractivity contribution in [2.24, 2.45) is 17.6 Å². The molecule has 3 N–H and O–H groups in total. The minimum absolute atomic E-state index is 0.144. The lowest BCUT2D eigenvalue weighted by molar-refractivity contribution is 0.0983. The van der Waals surface area contributed by atoms with Crippen LogP contribution in [0.1, 0.15) is 48.6 Å². The Morgan fingerprint density at radius 2 is 1.61 bits per heavy atom. The third kappa shape index (κ3) is 3.56. The van der Waals surface area contributed by atoms with Crippen LogP contribution in [0.25, 0.3) is 0 Å². The van der Waals surface area contributed by atoms with Crippen LogP contribution >= 0.6 is 0 Å². The minimum Gasteiger partial charge on any atom is -0.388 e. The monoisotopic (exact) mass is 249 g/mol. The molecule has 2 unspecified atom stereocenters. The Hall–Kier alpha value is -0.860. The Labute approximate surface area is 111 Å². The summed E-state index contributed by atoms with van der Waals surface area (Å²) in [4.78, 5) is 0. The molecule has 0 spiro atoms. The van der Waals surface area contributed by atoms with Gasteiger partial charge in [0.25, 0.3) is 0 Å². The summed E-state index contributed by atoms with van der Waals surface area (Å²) in [6.45, 7) is 11.1. The van der Waals surface area contributed by atoms with Crippen molar-refractivity contribution in [3.05, 3.63) is 34.4 Å². The molecule has 2 atom stereocenters. The molecule has 0 heterocycles. The van der Waals surface area contributed by atoms with Gasteiger partial charge in [0.1, 0.15) is 0 Å². The summed E-state index contributed by atoms with van der Waals surface area (Å²) in [5.41, 5.74) is 10.5. The van der Waals surface area contributed by atoms with Gasteiger partial charge >= 0.3 is 0 Å². The van der Waals surface area contributed by atoms with Gasteiger partial charge in [0.2, 0.25) is 0 Å². The van der Waals surface area contributed by atoms with Gasteiger partial charge < -0.3 is 10.8 Å². The first kappa shape index (κ1) is 15.2. The van der Waals surface area contributed by atoms with Gasteiger partial charge in [-0.3, -0.25) is 0 Å². The van der Waals surface area contributed by atoms with Gasteiger partial charge in [-0.2, -0.15) is 0 Å². The van der Waals surface area contributed by atoms with E-state index in [4.69, 9.17) is 5.73 Å². The summed E-state index contributed by atoms with van der Waals surface area (Å²) in [5.74, 6) is 0.698. The van der Waals surface area contributed by atoms with E-state index in [-0.39, 0.29) is 5.92 Å². The highest BCUT2D eigenvalue weighted by atomic mass is 16.3. The molecule has 102 valence electrons. The zero-order valence-electron chi connectivity index (χ0n) is 12.3. The van der Waals surface area contributed by atoms with E-state index in [1.54, 1.807) is 0 Å². The first-order valence-electron chi connectivity index (χ1n) is 6.82. The second-order valence-corrected chi connectivity index (χ2v) is 5.88. The molecule has 0 aliphatic carbocycles. The lowest BCUT2D eigenvalue weighted by Gasteiger charge is -2.26. The Morgan fingerprint density at radius 1 is 1.11 bits per heavy atom. The second kappa shape index (κ2) is 6.35. The van der Waals surface area contributed by atoms with E-state index in [2.05, 4.69) is 46.8 Å². The highest BCUT2D eigenvalue weighted by Gasteiger charge is 2.23. The number of rotatable bonds is 5. The predicted molar refractivity (Wildman–Crippen MR) is 77.6 cm³/mol. The van der Waals surface area contributed by atoms with Crippen molar-refractivity contribution in [1.29, 1.82) is 0 Å². The Kier molecular flexibility index (Phi) is 5.36. The third-order valence-electron chi connectivity index (χ3n) is 3.56. The third-order valence-corrected chi connectivity index (χ3v) is 3.56. The van der Waals surface area contributed by atoms with Crippen LogP contribution in [0.2, 0.25) is 0 Å². The van der Waals surface area contributed by atoms with Crippen LogP contribution in [0.5, 0.6) is 0 Å². The molecule has 18 heavy (non-hydrogen) atoms. The van der Waals surface area contributed by atoms with Gasteiger partial charge in [-0.05, 0) is 56.3 Å². The normalized spacial score (nSPS) is 14.9. The fraction of sp³-hybridized carbons (Fsp3) is 0.625. The van der Waals surface area contributed by atoms with Crippen LogP contribution in [0.4, 0.5) is 0 Å². The molecule has 2 nitrogen and oxygen atoms in total. The lowest BCUT2D eigenvalue weighted by atomic mass is 9.84. The van der Waals surface area contributed by atoms with E-state index < -0.39 is 6.10 Å². The molecule has 0 saturated carbocycles. The maximum absolute atomic E-state index is 10.6. The molecule has 1 aromatic carbocycles. The van der Waals surface area contributed by atoms with Gasteiger partial charge in [0.15, 0.2) is 0 Å². The van der Waals surface area contributed by atoms with E-state index in [1.165, 1.54) is 16.7 Å². The highest BCUT2D eigenvalue weighted by Crippen LogP contribution is 2.31. The molecular weight excluding hydrogens is 222 g/mol. The maximum atomic E-state index is 10.6. The molecule has 2 heteroatoms.